The summed E-state index contributed by atoms with van der Waals surface area (Å²) in [5.74, 6) is 0.388. The summed E-state index contributed by atoms with van der Waals surface area (Å²) in [6.45, 7) is 1.80. The first kappa shape index (κ1) is 11.1. The number of hydrogen-bond donors (Lipinski definition) is 1. The quantitative estimate of drug-likeness (QED) is 0.623. The first-order valence-electron chi connectivity index (χ1n) is 5.73. The molecule has 1 atom stereocenters. The number of esters is 1. The Morgan fingerprint density at radius 3 is 2.94 bits per heavy atom. The van der Waals surface area contributed by atoms with Crippen molar-refractivity contribution in [2.75, 3.05) is 0 Å². The molecule has 2 rings (SSSR count). The van der Waals surface area contributed by atoms with Crippen LogP contribution in [0.4, 0.5) is 0 Å². The summed E-state index contributed by atoms with van der Waals surface area (Å²) in [7, 11) is 0. The minimum atomic E-state index is -0.257. The Morgan fingerprint density at radius 1 is 1.44 bits per heavy atom. The van der Waals surface area contributed by atoms with Gasteiger partial charge in [0.1, 0.15) is 5.75 Å². The van der Waals surface area contributed by atoms with Gasteiger partial charge in [0.2, 0.25) is 0 Å². The molecule has 86 valence electrons. The van der Waals surface area contributed by atoms with Crippen LogP contribution in [0.2, 0.25) is 0 Å². The maximum absolute atomic E-state index is 11.4. The van der Waals surface area contributed by atoms with E-state index >= 15 is 0 Å². The molecule has 1 aliphatic rings. The first-order valence-corrected chi connectivity index (χ1v) is 5.73. The lowest BCUT2D eigenvalue weighted by atomic mass is 10.1. The molecule has 0 aliphatic heterocycles. The highest BCUT2D eigenvalue weighted by molar-refractivity contribution is 5.73. The minimum absolute atomic E-state index is 0.151. The molecule has 0 aromatic heterocycles. The smallest absolute Gasteiger partial charge is 0.312 e. The summed E-state index contributed by atoms with van der Waals surface area (Å²) in [4.78, 5) is 11.4. The van der Waals surface area contributed by atoms with Gasteiger partial charge in [-0.15, -0.1) is 0 Å². The van der Waals surface area contributed by atoms with Gasteiger partial charge < -0.3 is 10.5 Å². The van der Waals surface area contributed by atoms with E-state index in [1.165, 1.54) is 17.5 Å². The molecule has 0 amide bonds. The van der Waals surface area contributed by atoms with E-state index in [4.69, 9.17) is 10.5 Å². The molecule has 1 unspecified atom stereocenters. The van der Waals surface area contributed by atoms with Crippen LogP contribution in [0.1, 0.15) is 30.9 Å². The Morgan fingerprint density at radius 2 is 2.19 bits per heavy atom. The summed E-state index contributed by atoms with van der Waals surface area (Å²) < 4.78 is 5.23. The van der Waals surface area contributed by atoms with E-state index in [0.29, 0.717) is 5.75 Å². The Hall–Kier alpha value is -1.35. The third kappa shape index (κ3) is 2.61. The van der Waals surface area contributed by atoms with Crippen molar-refractivity contribution in [1.82, 2.24) is 0 Å². The zero-order valence-corrected chi connectivity index (χ0v) is 9.53. The molecule has 0 bridgehead atoms. The highest BCUT2D eigenvalue weighted by Crippen LogP contribution is 2.26. The molecule has 1 aliphatic carbocycles. The molecule has 0 fully saturated rings. The lowest BCUT2D eigenvalue weighted by Gasteiger charge is -2.07. The lowest BCUT2D eigenvalue weighted by molar-refractivity contribution is -0.134. The van der Waals surface area contributed by atoms with E-state index in [1.54, 1.807) is 6.92 Å². The highest BCUT2D eigenvalue weighted by Gasteiger charge is 2.13. The van der Waals surface area contributed by atoms with Gasteiger partial charge in [-0.05, 0) is 49.4 Å². The molecule has 0 heterocycles. The van der Waals surface area contributed by atoms with Gasteiger partial charge in [-0.1, -0.05) is 6.07 Å². The van der Waals surface area contributed by atoms with Crippen molar-refractivity contribution in [2.24, 2.45) is 5.73 Å². The Labute approximate surface area is 95.6 Å². The van der Waals surface area contributed by atoms with Crippen molar-refractivity contribution in [1.29, 1.82) is 0 Å². The number of carbonyl (C=O) groups excluding carboxylic acids is 1. The van der Waals surface area contributed by atoms with E-state index in [9.17, 15) is 4.79 Å². The van der Waals surface area contributed by atoms with Crippen molar-refractivity contribution in [2.45, 2.75) is 38.6 Å². The van der Waals surface area contributed by atoms with Gasteiger partial charge in [-0.2, -0.15) is 0 Å². The molecule has 16 heavy (non-hydrogen) atoms. The van der Waals surface area contributed by atoms with Crippen molar-refractivity contribution < 1.29 is 9.53 Å². The molecule has 2 N–H and O–H groups in total. The van der Waals surface area contributed by atoms with Crippen LogP contribution in [-0.2, 0) is 17.6 Å². The summed E-state index contributed by atoms with van der Waals surface area (Å²) in [6.07, 6.45) is 3.70. The summed E-state index contributed by atoms with van der Waals surface area (Å²) in [5, 5.41) is 0. The van der Waals surface area contributed by atoms with Crippen molar-refractivity contribution in [3.8, 4) is 5.75 Å². The van der Waals surface area contributed by atoms with Gasteiger partial charge in [-0.25, -0.2) is 0 Å². The van der Waals surface area contributed by atoms with Crippen LogP contribution in [0.5, 0.6) is 5.75 Å². The monoisotopic (exact) mass is 219 g/mol. The minimum Gasteiger partial charge on any atom is -0.426 e. The molecular formula is C13H17NO2. The van der Waals surface area contributed by atoms with Gasteiger partial charge in [0, 0.05) is 6.04 Å². The normalized spacial score (nSPS) is 15.6. The van der Waals surface area contributed by atoms with Gasteiger partial charge in [0.05, 0.1) is 6.42 Å². The van der Waals surface area contributed by atoms with Gasteiger partial charge in [0.25, 0.3) is 0 Å². The van der Waals surface area contributed by atoms with Crippen LogP contribution >= 0.6 is 0 Å². The van der Waals surface area contributed by atoms with Gasteiger partial charge >= 0.3 is 5.97 Å². The molecule has 1 aromatic rings. The molecule has 3 nitrogen and oxygen atoms in total. The maximum Gasteiger partial charge on any atom is 0.312 e. The number of aryl methyl sites for hydroxylation is 2. The van der Waals surface area contributed by atoms with E-state index in [2.05, 4.69) is 6.07 Å². The number of carbonyl (C=O) groups is 1. The standard InChI is InChI=1S/C13H17NO2/c1-9(14)7-13(15)16-12-6-5-10-3-2-4-11(10)8-12/h5-6,8-9H,2-4,7,14H2,1H3. The predicted molar refractivity (Wildman–Crippen MR) is 62.4 cm³/mol. The maximum atomic E-state index is 11.4. The SMILES string of the molecule is CC(N)CC(=O)Oc1ccc2c(c1)CCC2. The lowest BCUT2D eigenvalue weighted by Crippen LogP contribution is -2.22. The van der Waals surface area contributed by atoms with E-state index in [0.717, 1.165) is 12.8 Å². The van der Waals surface area contributed by atoms with Gasteiger partial charge in [-0.3, -0.25) is 4.79 Å². The highest BCUT2D eigenvalue weighted by atomic mass is 16.5. The van der Waals surface area contributed by atoms with E-state index in [1.807, 2.05) is 12.1 Å². The largest absolute Gasteiger partial charge is 0.426 e. The molecule has 0 saturated carbocycles. The van der Waals surface area contributed by atoms with Crippen LogP contribution in [-0.4, -0.2) is 12.0 Å². The number of fused-ring (bicyclic) bond motifs is 1. The first-order chi connectivity index (χ1) is 7.65. The second kappa shape index (κ2) is 4.66. The molecule has 1 aromatic carbocycles. The Balaban J connectivity index is 2.02. The fraction of sp³-hybridized carbons (Fsp3) is 0.462. The zero-order chi connectivity index (χ0) is 11.5. The topological polar surface area (TPSA) is 52.3 Å². The second-order valence-electron chi connectivity index (χ2n) is 4.44. The number of nitrogens with two attached hydrogens (primary N) is 1. The predicted octanol–water partition coefficient (Wildman–Crippen LogP) is 1.82. The zero-order valence-electron chi connectivity index (χ0n) is 9.53. The molecule has 0 radical (unpaired) electrons. The average Bonchev–Trinajstić information content (AvgIpc) is 2.63. The fourth-order valence-electron chi connectivity index (χ4n) is 2.05. The number of ether oxygens (including phenoxy) is 1. The van der Waals surface area contributed by atoms with Crippen LogP contribution in [0.3, 0.4) is 0 Å². The average molecular weight is 219 g/mol. The van der Waals surface area contributed by atoms with Crippen LogP contribution < -0.4 is 10.5 Å². The Kier molecular flexibility index (Phi) is 3.25. The van der Waals surface area contributed by atoms with Crippen molar-refractivity contribution in [3.05, 3.63) is 29.3 Å². The molecular weight excluding hydrogens is 202 g/mol. The van der Waals surface area contributed by atoms with Crippen molar-refractivity contribution >= 4 is 5.97 Å². The number of hydrogen-bond acceptors (Lipinski definition) is 3. The third-order valence-electron chi connectivity index (χ3n) is 2.79. The van der Waals surface area contributed by atoms with Crippen LogP contribution in [0, 0.1) is 0 Å². The summed E-state index contributed by atoms with van der Waals surface area (Å²) in [6, 6.07) is 5.74. The van der Waals surface area contributed by atoms with E-state index in [-0.39, 0.29) is 18.4 Å². The van der Waals surface area contributed by atoms with Gasteiger partial charge in [0.15, 0.2) is 0 Å². The van der Waals surface area contributed by atoms with Crippen LogP contribution in [0.25, 0.3) is 0 Å². The third-order valence-corrected chi connectivity index (χ3v) is 2.79. The second-order valence-corrected chi connectivity index (χ2v) is 4.44. The molecule has 0 spiro atoms. The van der Waals surface area contributed by atoms with E-state index < -0.39 is 0 Å². The fourth-order valence-corrected chi connectivity index (χ4v) is 2.05. The summed E-state index contributed by atoms with van der Waals surface area (Å²) >= 11 is 0. The van der Waals surface area contributed by atoms with Crippen molar-refractivity contribution in [3.63, 3.8) is 0 Å². The number of rotatable bonds is 3. The number of benzene rings is 1. The molecule has 3 heteroatoms. The Bertz CT molecular complexity index is 399. The molecule has 0 saturated heterocycles. The van der Waals surface area contributed by atoms with Crippen LogP contribution in [0.15, 0.2) is 18.2 Å². The summed E-state index contributed by atoms with van der Waals surface area (Å²) in [5.41, 5.74) is 8.23.